The normalized spacial score (nSPS) is 17.7. The van der Waals surface area contributed by atoms with Crippen LogP contribution in [0.1, 0.15) is 18.9 Å². The maximum atomic E-state index is 9.71. The van der Waals surface area contributed by atoms with E-state index in [9.17, 15) is 5.11 Å². The van der Waals surface area contributed by atoms with E-state index in [-0.39, 0.29) is 30.1 Å². The minimum absolute atomic E-state index is 0. The van der Waals surface area contributed by atoms with Gasteiger partial charge >= 0.3 is 0 Å². The van der Waals surface area contributed by atoms with Gasteiger partial charge in [-0.2, -0.15) is 5.10 Å². The second-order valence-corrected chi connectivity index (χ2v) is 5.68. The molecule has 0 saturated carbocycles. The van der Waals surface area contributed by atoms with Gasteiger partial charge in [0.2, 0.25) is 0 Å². The molecule has 2 N–H and O–H groups in total. The van der Waals surface area contributed by atoms with Crippen molar-refractivity contribution in [1.29, 1.82) is 0 Å². The van der Waals surface area contributed by atoms with E-state index in [0.29, 0.717) is 13.1 Å². The molecule has 1 saturated heterocycles. The second kappa shape index (κ2) is 9.03. The van der Waals surface area contributed by atoms with Gasteiger partial charge in [0.05, 0.1) is 18.3 Å². The van der Waals surface area contributed by atoms with Gasteiger partial charge in [-0.1, -0.05) is 12.1 Å². The van der Waals surface area contributed by atoms with Crippen LogP contribution in [0, 0.1) is 0 Å². The highest BCUT2D eigenvalue weighted by Crippen LogP contribution is 2.12. The largest absolute Gasteiger partial charge is 0.391 e. The summed E-state index contributed by atoms with van der Waals surface area (Å²) in [5, 5.41) is 17.3. The molecule has 24 heavy (non-hydrogen) atoms. The van der Waals surface area contributed by atoms with E-state index in [1.54, 1.807) is 6.20 Å². The summed E-state index contributed by atoms with van der Waals surface area (Å²) in [4.78, 5) is 6.83. The SMILES string of the molecule is CCNC(=NCc1cccc(-n2cccn2)c1)N1CC[C@@H](O)C1.I. The van der Waals surface area contributed by atoms with Crippen molar-refractivity contribution in [1.82, 2.24) is 20.0 Å². The number of benzene rings is 1. The Balaban J connectivity index is 0.00000208. The van der Waals surface area contributed by atoms with E-state index in [2.05, 4.69) is 34.4 Å². The number of aliphatic imine (C=N–C) groups is 1. The third-order valence-electron chi connectivity index (χ3n) is 3.89. The molecule has 1 aliphatic rings. The first-order valence-corrected chi connectivity index (χ1v) is 8.06. The molecule has 0 spiro atoms. The molecule has 0 amide bonds. The molecule has 0 bridgehead atoms. The summed E-state index contributed by atoms with van der Waals surface area (Å²) in [5.41, 5.74) is 2.16. The fourth-order valence-corrected chi connectivity index (χ4v) is 2.75. The molecule has 1 aromatic heterocycles. The number of hydrogen-bond donors (Lipinski definition) is 2. The summed E-state index contributed by atoms with van der Waals surface area (Å²) < 4.78 is 1.84. The van der Waals surface area contributed by atoms with Crippen molar-refractivity contribution < 1.29 is 5.11 Å². The average molecular weight is 441 g/mol. The number of aliphatic hydroxyl groups is 1. The van der Waals surface area contributed by atoms with Crippen LogP contribution in [0.25, 0.3) is 5.69 Å². The number of hydrogen-bond acceptors (Lipinski definition) is 3. The van der Waals surface area contributed by atoms with Crippen LogP contribution in [0.15, 0.2) is 47.7 Å². The van der Waals surface area contributed by atoms with Gasteiger partial charge in [0.25, 0.3) is 0 Å². The van der Waals surface area contributed by atoms with E-state index >= 15 is 0 Å². The van der Waals surface area contributed by atoms with Crippen molar-refractivity contribution in [2.75, 3.05) is 19.6 Å². The number of aliphatic hydroxyl groups excluding tert-OH is 1. The van der Waals surface area contributed by atoms with Crippen LogP contribution in [0.3, 0.4) is 0 Å². The number of guanidine groups is 1. The minimum atomic E-state index is -0.248. The summed E-state index contributed by atoms with van der Waals surface area (Å²) in [5.74, 6) is 0.869. The zero-order valence-electron chi connectivity index (χ0n) is 13.8. The van der Waals surface area contributed by atoms with Gasteiger partial charge in [0.1, 0.15) is 0 Å². The summed E-state index contributed by atoms with van der Waals surface area (Å²) in [6.07, 6.45) is 4.26. The molecular weight excluding hydrogens is 417 g/mol. The van der Waals surface area contributed by atoms with Crippen molar-refractivity contribution in [2.24, 2.45) is 4.99 Å². The number of aromatic nitrogens is 2. The molecule has 6 nitrogen and oxygen atoms in total. The summed E-state index contributed by atoms with van der Waals surface area (Å²) in [6, 6.07) is 10.1. The molecule has 1 atom stereocenters. The maximum Gasteiger partial charge on any atom is 0.194 e. The predicted molar refractivity (Wildman–Crippen MR) is 106 cm³/mol. The van der Waals surface area contributed by atoms with E-state index < -0.39 is 0 Å². The minimum Gasteiger partial charge on any atom is -0.391 e. The monoisotopic (exact) mass is 441 g/mol. The van der Waals surface area contributed by atoms with Gasteiger partial charge in [0.15, 0.2) is 5.96 Å². The van der Waals surface area contributed by atoms with Crippen LogP contribution in [-0.4, -0.2) is 51.5 Å². The smallest absolute Gasteiger partial charge is 0.194 e. The number of rotatable bonds is 4. The fraction of sp³-hybridized carbons (Fsp3) is 0.412. The molecule has 130 valence electrons. The van der Waals surface area contributed by atoms with Gasteiger partial charge in [0, 0.05) is 32.0 Å². The lowest BCUT2D eigenvalue weighted by atomic mass is 10.2. The molecule has 7 heteroatoms. The first-order valence-electron chi connectivity index (χ1n) is 8.06. The molecule has 3 rings (SSSR count). The Labute approximate surface area is 159 Å². The highest BCUT2D eigenvalue weighted by molar-refractivity contribution is 14.0. The molecule has 1 aromatic carbocycles. The van der Waals surface area contributed by atoms with Gasteiger partial charge < -0.3 is 15.3 Å². The van der Waals surface area contributed by atoms with Crippen LogP contribution < -0.4 is 5.32 Å². The maximum absolute atomic E-state index is 9.71. The van der Waals surface area contributed by atoms with Crippen LogP contribution in [0.4, 0.5) is 0 Å². The number of nitrogens with zero attached hydrogens (tertiary/aromatic N) is 4. The Hall–Kier alpha value is -1.61. The van der Waals surface area contributed by atoms with Crippen LogP contribution >= 0.6 is 24.0 Å². The van der Waals surface area contributed by atoms with E-state index in [4.69, 9.17) is 4.99 Å². The number of halogens is 1. The summed E-state index contributed by atoms with van der Waals surface area (Å²) >= 11 is 0. The third kappa shape index (κ3) is 4.70. The lowest BCUT2D eigenvalue weighted by molar-refractivity contribution is 0.188. The average Bonchev–Trinajstić information content (AvgIpc) is 3.23. The van der Waals surface area contributed by atoms with E-state index in [1.807, 2.05) is 29.1 Å². The molecule has 2 aromatic rings. The molecule has 1 aliphatic heterocycles. The van der Waals surface area contributed by atoms with Gasteiger partial charge in [-0.15, -0.1) is 24.0 Å². The zero-order chi connectivity index (χ0) is 16.1. The Morgan fingerprint density at radius 2 is 2.29 bits per heavy atom. The molecule has 0 radical (unpaired) electrons. The van der Waals surface area contributed by atoms with Gasteiger partial charge in [-0.3, -0.25) is 0 Å². The van der Waals surface area contributed by atoms with Crippen molar-refractivity contribution in [2.45, 2.75) is 26.0 Å². The first-order chi connectivity index (χ1) is 11.3. The summed E-state index contributed by atoms with van der Waals surface area (Å²) in [7, 11) is 0. The van der Waals surface area contributed by atoms with Crippen molar-refractivity contribution >= 4 is 29.9 Å². The number of nitrogens with one attached hydrogen (secondary N) is 1. The quantitative estimate of drug-likeness (QED) is 0.433. The summed E-state index contributed by atoms with van der Waals surface area (Å²) in [6.45, 7) is 4.97. The van der Waals surface area contributed by atoms with Crippen molar-refractivity contribution in [3.63, 3.8) is 0 Å². The topological polar surface area (TPSA) is 65.7 Å². The lowest BCUT2D eigenvalue weighted by Crippen LogP contribution is -2.40. The number of β-amino-alcohol motifs (C(OH)–C–C–N with tert-alkyl or cyclic N) is 1. The van der Waals surface area contributed by atoms with Crippen LogP contribution in [0.2, 0.25) is 0 Å². The van der Waals surface area contributed by atoms with Crippen LogP contribution in [0.5, 0.6) is 0 Å². The standard InChI is InChI=1S/C17H23N5O.HI/c1-2-18-17(21-10-7-16(23)13-21)19-12-14-5-3-6-15(11-14)22-9-4-8-20-22;/h3-6,8-9,11,16,23H,2,7,10,12-13H2,1H3,(H,18,19);1H/t16-;/m1./s1. The number of likely N-dealkylation sites (tertiary alicyclic amines) is 1. The Morgan fingerprint density at radius 3 is 2.96 bits per heavy atom. The fourth-order valence-electron chi connectivity index (χ4n) is 2.75. The van der Waals surface area contributed by atoms with Gasteiger partial charge in [-0.25, -0.2) is 9.67 Å². The highest BCUT2D eigenvalue weighted by atomic mass is 127. The zero-order valence-corrected chi connectivity index (χ0v) is 16.1. The molecular formula is C17H24IN5O. The first kappa shape index (κ1) is 18.7. The predicted octanol–water partition coefficient (Wildman–Crippen LogP) is 2.02. The van der Waals surface area contributed by atoms with Crippen molar-refractivity contribution in [3.05, 3.63) is 48.3 Å². The highest BCUT2D eigenvalue weighted by Gasteiger charge is 2.22. The molecule has 2 heterocycles. The second-order valence-electron chi connectivity index (χ2n) is 5.68. The van der Waals surface area contributed by atoms with E-state index in [0.717, 1.165) is 36.7 Å². The van der Waals surface area contributed by atoms with Crippen molar-refractivity contribution in [3.8, 4) is 5.69 Å². The Bertz CT molecular complexity index is 659. The third-order valence-corrected chi connectivity index (χ3v) is 3.89. The lowest BCUT2D eigenvalue weighted by Gasteiger charge is -2.21. The van der Waals surface area contributed by atoms with E-state index in [1.165, 1.54) is 0 Å². The van der Waals surface area contributed by atoms with Gasteiger partial charge in [-0.05, 0) is 37.1 Å². The molecule has 0 unspecified atom stereocenters. The van der Waals surface area contributed by atoms with Crippen LogP contribution in [-0.2, 0) is 6.54 Å². The molecule has 0 aliphatic carbocycles. The Kier molecular flexibility index (Phi) is 7.04. The Morgan fingerprint density at radius 1 is 1.42 bits per heavy atom. The molecule has 1 fully saturated rings.